The molecule has 4 aromatic carbocycles. The molecular weight excluding hydrogens is 603 g/mol. The van der Waals surface area contributed by atoms with Crippen molar-refractivity contribution >= 4 is 49.9 Å². The number of rotatable bonds is 8. The molecule has 8 rings (SSSR count). The van der Waals surface area contributed by atoms with Gasteiger partial charge in [0.05, 0.1) is 11.2 Å². The number of para-hydroxylation sites is 1. The second kappa shape index (κ2) is 13.3. The molecule has 3 nitrogen and oxygen atoms in total. The molecule has 0 spiro atoms. The first kappa shape index (κ1) is 29.8. The highest BCUT2D eigenvalue weighted by Crippen LogP contribution is 2.38. The van der Waals surface area contributed by atoms with E-state index in [2.05, 4.69) is 157 Å². The van der Waals surface area contributed by atoms with Crippen LogP contribution in [-0.2, 0) is 0 Å². The molecule has 0 bridgehead atoms. The van der Waals surface area contributed by atoms with Crippen molar-refractivity contribution in [2.45, 2.75) is 19.3 Å². The fraction of sp³-hybridized carbons (Fsp3) is 0.0909. The molecule has 0 fully saturated rings. The van der Waals surface area contributed by atoms with E-state index in [1.807, 2.05) is 23.5 Å². The van der Waals surface area contributed by atoms with Gasteiger partial charge >= 0.3 is 0 Å². The Bertz CT molecular complexity index is 2250. The number of thiophene rings is 1. The SMILES string of the molecule is C=CC1=C(/N=C/[C@H]2C=CC(N(c3ccc(-c4ccc5ccccc5n4)cc3)c3ccc(-c4cc5ccccc5s4)cc3)=CC2)CCC=C1. The van der Waals surface area contributed by atoms with Crippen LogP contribution in [0.4, 0.5) is 11.4 Å². The summed E-state index contributed by atoms with van der Waals surface area (Å²) in [6, 6.07) is 41.1. The molecule has 0 saturated heterocycles. The zero-order valence-electron chi connectivity index (χ0n) is 26.7. The van der Waals surface area contributed by atoms with E-state index in [0.717, 1.165) is 69.8 Å². The highest BCUT2D eigenvalue weighted by molar-refractivity contribution is 7.22. The summed E-state index contributed by atoms with van der Waals surface area (Å²) in [5, 5.41) is 2.44. The van der Waals surface area contributed by atoms with Crippen molar-refractivity contribution in [3.63, 3.8) is 0 Å². The van der Waals surface area contributed by atoms with E-state index in [0.29, 0.717) is 0 Å². The van der Waals surface area contributed by atoms with Gasteiger partial charge in [-0.1, -0.05) is 104 Å². The topological polar surface area (TPSA) is 28.5 Å². The first-order valence-corrected chi connectivity index (χ1v) is 17.3. The third kappa shape index (κ3) is 6.11. The van der Waals surface area contributed by atoms with Crippen molar-refractivity contribution in [1.82, 2.24) is 4.98 Å². The Morgan fingerprint density at radius 2 is 1.54 bits per heavy atom. The Hall–Kier alpha value is -5.58. The summed E-state index contributed by atoms with van der Waals surface area (Å²) in [4.78, 5) is 13.5. The lowest BCUT2D eigenvalue weighted by molar-refractivity contribution is 0.859. The van der Waals surface area contributed by atoms with Gasteiger partial charge in [0, 0.05) is 55.4 Å². The lowest BCUT2D eigenvalue weighted by atomic mass is 9.98. The molecule has 4 heteroatoms. The minimum absolute atomic E-state index is 0.247. The number of pyridine rings is 1. The third-order valence-corrected chi connectivity index (χ3v) is 10.2. The third-order valence-electron chi connectivity index (χ3n) is 9.05. The average Bonchev–Trinajstić information content (AvgIpc) is 3.60. The molecule has 2 aliphatic carbocycles. The second-order valence-electron chi connectivity index (χ2n) is 12.2. The van der Waals surface area contributed by atoms with Crippen LogP contribution in [0.5, 0.6) is 0 Å². The molecule has 0 N–H and O–H groups in total. The van der Waals surface area contributed by atoms with Gasteiger partial charge in [-0.25, -0.2) is 4.98 Å². The van der Waals surface area contributed by atoms with Crippen LogP contribution in [0.25, 0.3) is 42.7 Å². The molecule has 0 aliphatic heterocycles. The molecule has 2 aliphatic rings. The summed E-state index contributed by atoms with van der Waals surface area (Å²) in [5.74, 6) is 0.247. The summed E-state index contributed by atoms with van der Waals surface area (Å²) in [6.45, 7) is 3.97. The maximum Gasteiger partial charge on any atom is 0.0709 e. The van der Waals surface area contributed by atoms with Crippen LogP contribution in [0.2, 0.25) is 0 Å². The van der Waals surface area contributed by atoms with Gasteiger partial charge in [0.1, 0.15) is 0 Å². The number of hydrogen-bond donors (Lipinski definition) is 0. The van der Waals surface area contributed by atoms with Gasteiger partial charge < -0.3 is 4.90 Å². The fourth-order valence-electron chi connectivity index (χ4n) is 6.44. The predicted molar refractivity (Wildman–Crippen MR) is 206 cm³/mol. The Kier molecular flexibility index (Phi) is 8.24. The number of benzene rings is 4. The van der Waals surface area contributed by atoms with Gasteiger partial charge in [-0.3, -0.25) is 4.99 Å². The monoisotopic (exact) mass is 637 g/mol. The second-order valence-corrected chi connectivity index (χ2v) is 13.3. The Labute approximate surface area is 285 Å². The van der Waals surface area contributed by atoms with Crippen molar-refractivity contribution in [2.24, 2.45) is 10.9 Å². The number of anilines is 2. The first-order chi connectivity index (χ1) is 23.7. The maximum absolute atomic E-state index is 4.93. The molecule has 1 atom stereocenters. The lowest BCUT2D eigenvalue weighted by Crippen LogP contribution is -2.17. The molecule has 0 unspecified atom stereocenters. The zero-order chi connectivity index (χ0) is 32.3. The van der Waals surface area contributed by atoms with Gasteiger partial charge in [-0.15, -0.1) is 11.3 Å². The number of nitrogens with zero attached hydrogens (tertiary/aromatic N) is 3. The van der Waals surface area contributed by atoms with Gasteiger partial charge in [-0.2, -0.15) is 0 Å². The van der Waals surface area contributed by atoms with Crippen molar-refractivity contribution < 1.29 is 0 Å². The minimum atomic E-state index is 0.247. The molecular formula is C44H35N3S. The van der Waals surface area contributed by atoms with E-state index in [9.17, 15) is 0 Å². The first-order valence-electron chi connectivity index (χ1n) is 16.5. The van der Waals surface area contributed by atoms with Crippen molar-refractivity contribution in [3.8, 4) is 21.7 Å². The molecule has 2 aromatic heterocycles. The van der Waals surface area contributed by atoms with Gasteiger partial charge in [-0.05, 0) is 90.4 Å². The summed E-state index contributed by atoms with van der Waals surface area (Å²) in [6.07, 6.45) is 18.0. The molecule has 48 heavy (non-hydrogen) atoms. The molecule has 0 saturated carbocycles. The van der Waals surface area contributed by atoms with Crippen LogP contribution >= 0.6 is 11.3 Å². The predicted octanol–water partition coefficient (Wildman–Crippen LogP) is 12.2. The fourth-order valence-corrected chi connectivity index (χ4v) is 7.51. The highest BCUT2D eigenvalue weighted by Gasteiger charge is 2.18. The average molecular weight is 638 g/mol. The van der Waals surface area contributed by atoms with E-state index in [1.165, 1.54) is 20.5 Å². The van der Waals surface area contributed by atoms with Gasteiger partial charge in [0.25, 0.3) is 0 Å². The lowest BCUT2D eigenvalue weighted by Gasteiger charge is -2.29. The van der Waals surface area contributed by atoms with E-state index >= 15 is 0 Å². The highest BCUT2D eigenvalue weighted by atomic mass is 32.1. The van der Waals surface area contributed by atoms with Crippen LogP contribution in [0.1, 0.15) is 19.3 Å². The molecule has 0 amide bonds. The van der Waals surface area contributed by atoms with E-state index < -0.39 is 0 Å². The standard InChI is InChI=1S/C44H35N3S/c1-2-32-9-3-6-12-40(32)45-30-31-15-22-37(23-16-31)47(39-26-19-35(20-27-39)44-29-36-11-5-8-14-43(36)48-44)38-24-17-34(18-25-38)42-28-21-33-10-4-7-13-41(33)46-42/h2-5,7-11,13-15,17-31H,1,6,12,16H2/b45-30+/t31-/m0/s1. The van der Waals surface area contributed by atoms with Crippen LogP contribution in [0, 0.1) is 5.92 Å². The molecule has 2 heterocycles. The number of aromatic nitrogens is 1. The smallest absolute Gasteiger partial charge is 0.0709 e. The van der Waals surface area contributed by atoms with Crippen LogP contribution in [0.15, 0.2) is 180 Å². The minimum Gasteiger partial charge on any atom is -0.311 e. The number of aliphatic imine (C=N–C) groups is 1. The van der Waals surface area contributed by atoms with Crippen LogP contribution in [-0.4, -0.2) is 11.2 Å². The Balaban J connectivity index is 1.10. The van der Waals surface area contributed by atoms with E-state index in [1.54, 1.807) is 0 Å². The van der Waals surface area contributed by atoms with Crippen LogP contribution in [0.3, 0.4) is 0 Å². The van der Waals surface area contributed by atoms with Crippen molar-refractivity contribution in [2.75, 3.05) is 4.90 Å². The Morgan fingerprint density at radius 3 is 2.29 bits per heavy atom. The van der Waals surface area contributed by atoms with Crippen molar-refractivity contribution in [3.05, 3.63) is 175 Å². The number of allylic oxidation sites excluding steroid dienone is 8. The zero-order valence-corrected chi connectivity index (χ0v) is 27.5. The van der Waals surface area contributed by atoms with Gasteiger partial charge in [0.2, 0.25) is 0 Å². The molecule has 6 aromatic rings. The normalized spacial score (nSPS) is 16.2. The molecule has 232 valence electrons. The quantitative estimate of drug-likeness (QED) is 0.155. The molecule has 0 radical (unpaired) electrons. The number of fused-ring (bicyclic) bond motifs is 2. The maximum atomic E-state index is 4.93. The summed E-state index contributed by atoms with van der Waals surface area (Å²) >= 11 is 1.84. The van der Waals surface area contributed by atoms with E-state index in [-0.39, 0.29) is 5.92 Å². The van der Waals surface area contributed by atoms with E-state index in [4.69, 9.17) is 9.98 Å². The van der Waals surface area contributed by atoms with Crippen LogP contribution < -0.4 is 4.90 Å². The van der Waals surface area contributed by atoms with Gasteiger partial charge in [0.15, 0.2) is 0 Å². The van der Waals surface area contributed by atoms with Crippen molar-refractivity contribution in [1.29, 1.82) is 0 Å². The Morgan fingerprint density at radius 1 is 0.792 bits per heavy atom. The summed E-state index contributed by atoms with van der Waals surface area (Å²) in [7, 11) is 0. The number of hydrogen-bond acceptors (Lipinski definition) is 4. The summed E-state index contributed by atoms with van der Waals surface area (Å²) < 4.78 is 1.31. The summed E-state index contributed by atoms with van der Waals surface area (Å²) in [5.41, 5.74) is 9.93. The largest absolute Gasteiger partial charge is 0.311 e.